The molecule has 0 bridgehead atoms. The summed E-state index contributed by atoms with van der Waals surface area (Å²) >= 11 is 0. The van der Waals surface area contributed by atoms with E-state index in [0.29, 0.717) is 6.42 Å². The third-order valence-corrected chi connectivity index (χ3v) is 4.58. The van der Waals surface area contributed by atoms with Crippen molar-refractivity contribution in [3.63, 3.8) is 0 Å². The Morgan fingerprint density at radius 3 is 1.89 bits per heavy atom. The summed E-state index contributed by atoms with van der Waals surface area (Å²) in [5, 5.41) is 4.77. The highest BCUT2D eigenvalue weighted by atomic mass is 31.2. The van der Waals surface area contributed by atoms with Crippen LogP contribution in [0.1, 0.15) is 11.1 Å². The van der Waals surface area contributed by atoms with E-state index in [1.807, 2.05) is 36.4 Å². The molecule has 0 saturated heterocycles. The highest BCUT2D eigenvalue weighted by Crippen LogP contribution is 2.31. The van der Waals surface area contributed by atoms with Gasteiger partial charge in [0.1, 0.15) is 12.3 Å². The van der Waals surface area contributed by atoms with Crippen LogP contribution in [0.15, 0.2) is 60.7 Å². The minimum atomic E-state index is -4.41. The zero-order chi connectivity index (χ0) is 20.6. The zero-order valence-corrected chi connectivity index (χ0v) is 16.1. The van der Waals surface area contributed by atoms with Crippen molar-refractivity contribution in [2.45, 2.75) is 24.9 Å². The Hall–Kier alpha value is -2.51. The van der Waals surface area contributed by atoms with E-state index in [2.05, 4.69) is 10.6 Å². The van der Waals surface area contributed by atoms with Gasteiger partial charge < -0.3 is 26.2 Å². The summed E-state index contributed by atoms with van der Waals surface area (Å²) < 4.78 is 11.0. The number of benzene rings is 2. The summed E-state index contributed by atoms with van der Waals surface area (Å²) in [6, 6.07) is 16.4. The van der Waals surface area contributed by atoms with Crippen molar-refractivity contribution in [3.8, 4) is 0 Å². The Bertz CT molecular complexity index is 826. The van der Waals surface area contributed by atoms with Gasteiger partial charge in [0.15, 0.2) is 0 Å². The van der Waals surface area contributed by atoms with Gasteiger partial charge in [-0.15, -0.1) is 0 Å². The quantitative estimate of drug-likeness (QED) is 0.386. The highest BCUT2D eigenvalue weighted by Gasteiger charge is 2.26. The van der Waals surface area contributed by atoms with E-state index in [1.165, 1.54) is 0 Å². The molecule has 0 aliphatic heterocycles. The van der Waals surface area contributed by atoms with Crippen molar-refractivity contribution in [2.24, 2.45) is 5.73 Å². The topological polar surface area (TPSA) is 142 Å². The maximum absolute atomic E-state index is 12.5. The molecule has 0 aliphatic rings. The van der Waals surface area contributed by atoms with Crippen LogP contribution in [0.4, 0.5) is 0 Å². The lowest BCUT2D eigenvalue weighted by Gasteiger charge is -2.21. The average Bonchev–Trinajstić information content (AvgIpc) is 2.66. The second-order valence-corrected chi connectivity index (χ2v) is 8.06. The molecule has 2 aromatic carbocycles. The number of amides is 2. The average molecular weight is 405 g/mol. The highest BCUT2D eigenvalue weighted by molar-refractivity contribution is 7.51. The minimum Gasteiger partial charge on any atom is -0.343 e. The Morgan fingerprint density at radius 2 is 1.39 bits per heavy atom. The van der Waals surface area contributed by atoms with Gasteiger partial charge in [-0.05, 0) is 17.5 Å². The first-order valence-electron chi connectivity index (χ1n) is 8.70. The van der Waals surface area contributed by atoms with Crippen molar-refractivity contribution >= 4 is 19.4 Å². The van der Waals surface area contributed by atoms with Crippen LogP contribution in [0, 0.1) is 0 Å². The zero-order valence-electron chi connectivity index (χ0n) is 15.2. The van der Waals surface area contributed by atoms with E-state index < -0.39 is 37.8 Å². The van der Waals surface area contributed by atoms with Crippen molar-refractivity contribution in [1.29, 1.82) is 0 Å². The molecule has 150 valence electrons. The molecule has 2 amide bonds. The fourth-order valence-corrected chi connectivity index (χ4v) is 2.96. The van der Waals surface area contributed by atoms with Gasteiger partial charge in [0.05, 0.1) is 6.04 Å². The summed E-state index contributed by atoms with van der Waals surface area (Å²) in [5.74, 6) is -1.21. The number of hydrogen-bond donors (Lipinski definition) is 5. The van der Waals surface area contributed by atoms with Gasteiger partial charge in [-0.2, -0.15) is 0 Å². The predicted octanol–water partition coefficient (Wildman–Crippen LogP) is 0.535. The summed E-state index contributed by atoms with van der Waals surface area (Å²) in [5.41, 5.74) is 7.64. The van der Waals surface area contributed by atoms with Crippen molar-refractivity contribution < 1.29 is 23.9 Å². The molecule has 0 aliphatic carbocycles. The van der Waals surface area contributed by atoms with Crippen molar-refractivity contribution in [2.75, 3.05) is 6.29 Å². The molecule has 0 radical (unpaired) electrons. The number of nitrogens with one attached hydrogen (secondary N) is 2. The normalized spacial score (nSPS) is 13.4. The van der Waals surface area contributed by atoms with Gasteiger partial charge in [-0.25, -0.2) is 0 Å². The van der Waals surface area contributed by atoms with E-state index in [9.17, 15) is 14.2 Å². The van der Waals surface area contributed by atoms with Crippen LogP contribution < -0.4 is 16.4 Å². The number of carbonyl (C=O) groups excluding carboxylic acids is 2. The summed E-state index contributed by atoms with van der Waals surface area (Å²) in [6.45, 7) is 0. The molecular weight excluding hydrogens is 381 g/mol. The molecule has 2 rings (SSSR count). The lowest BCUT2D eigenvalue weighted by atomic mass is 10.0. The maximum Gasteiger partial charge on any atom is 0.344 e. The largest absolute Gasteiger partial charge is 0.344 e. The van der Waals surface area contributed by atoms with Gasteiger partial charge in [0.25, 0.3) is 0 Å². The number of hydrogen-bond acceptors (Lipinski definition) is 4. The lowest BCUT2D eigenvalue weighted by Crippen LogP contribution is -2.53. The SMILES string of the molecule is N[C@@H](Cc1ccccc1)C(=O)N[C@@H](Cc1ccccc1)C(=O)NCP(=O)(O)O. The number of carbonyl (C=O) groups is 2. The fraction of sp³-hybridized carbons (Fsp3) is 0.263. The van der Waals surface area contributed by atoms with Crippen LogP contribution in [0.5, 0.6) is 0 Å². The standard InChI is InChI=1S/C19H24N3O5P/c20-16(11-14-7-3-1-4-8-14)18(23)22-17(12-15-9-5-2-6-10-15)19(24)21-13-28(25,26)27/h1-10,16-17H,11-13,20H2,(H,21,24)(H,22,23)(H2,25,26,27)/t16-,17-/m0/s1. The van der Waals surface area contributed by atoms with E-state index >= 15 is 0 Å². The molecule has 28 heavy (non-hydrogen) atoms. The number of nitrogens with two attached hydrogens (primary N) is 1. The van der Waals surface area contributed by atoms with Crippen molar-refractivity contribution in [3.05, 3.63) is 71.8 Å². The Kier molecular flexibility index (Phi) is 7.90. The van der Waals surface area contributed by atoms with Crippen LogP contribution in [0.2, 0.25) is 0 Å². The first kappa shape index (κ1) is 21.8. The minimum absolute atomic E-state index is 0.164. The van der Waals surface area contributed by atoms with Crippen LogP contribution in [0.25, 0.3) is 0 Å². The van der Waals surface area contributed by atoms with Gasteiger partial charge >= 0.3 is 7.60 Å². The molecule has 2 aromatic rings. The maximum atomic E-state index is 12.5. The fourth-order valence-electron chi connectivity index (χ4n) is 2.60. The Morgan fingerprint density at radius 1 is 0.893 bits per heavy atom. The summed E-state index contributed by atoms with van der Waals surface area (Å²) in [7, 11) is -4.41. The van der Waals surface area contributed by atoms with Gasteiger partial charge in [0, 0.05) is 6.42 Å². The third-order valence-electron chi connectivity index (χ3n) is 4.01. The van der Waals surface area contributed by atoms with E-state index in [0.717, 1.165) is 11.1 Å². The van der Waals surface area contributed by atoms with Gasteiger partial charge in [-0.3, -0.25) is 14.2 Å². The molecule has 0 aromatic heterocycles. The Labute approximate surface area is 163 Å². The van der Waals surface area contributed by atoms with Crippen LogP contribution in [-0.4, -0.2) is 40.0 Å². The molecule has 0 spiro atoms. The summed E-state index contributed by atoms with van der Waals surface area (Å²) in [4.78, 5) is 42.8. The lowest BCUT2D eigenvalue weighted by molar-refractivity contribution is -0.129. The molecular formula is C19H24N3O5P. The van der Waals surface area contributed by atoms with Crippen LogP contribution >= 0.6 is 7.60 Å². The molecule has 0 fully saturated rings. The molecule has 0 heterocycles. The van der Waals surface area contributed by atoms with E-state index in [4.69, 9.17) is 15.5 Å². The molecule has 9 heteroatoms. The third kappa shape index (κ3) is 7.62. The molecule has 6 N–H and O–H groups in total. The van der Waals surface area contributed by atoms with E-state index in [-0.39, 0.29) is 6.42 Å². The Balaban J connectivity index is 2.05. The van der Waals surface area contributed by atoms with Crippen LogP contribution in [-0.2, 0) is 27.0 Å². The molecule has 0 unspecified atom stereocenters. The molecule has 8 nitrogen and oxygen atoms in total. The second-order valence-electron chi connectivity index (χ2n) is 6.41. The first-order valence-corrected chi connectivity index (χ1v) is 10.5. The predicted molar refractivity (Wildman–Crippen MR) is 105 cm³/mol. The van der Waals surface area contributed by atoms with E-state index in [1.54, 1.807) is 24.3 Å². The second kappa shape index (κ2) is 10.1. The van der Waals surface area contributed by atoms with Crippen LogP contribution in [0.3, 0.4) is 0 Å². The number of rotatable bonds is 9. The smallest absolute Gasteiger partial charge is 0.343 e. The monoisotopic (exact) mass is 405 g/mol. The molecule has 0 saturated carbocycles. The van der Waals surface area contributed by atoms with Crippen molar-refractivity contribution in [1.82, 2.24) is 10.6 Å². The summed E-state index contributed by atoms with van der Waals surface area (Å²) in [6.07, 6.45) is -0.338. The van der Waals surface area contributed by atoms with Gasteiger partial charge in [-0.1, -0.05) is 60.7 Å². The van der Waals surface area contributed by atoms with Gasteiger partial charge in [0.2, 0.25) is 11.8 Å². The first-order chi connectivity index (χ1) is 13.2. The molecule has 2 atom stereocenters.